The van der Waals surface area contributed by atoms with Crippen molar-refractivity contribution in [2.24, 2.45) is 5.92 Å². The first-order valence-electron chi connectivity index (χ1n) is 5.59. The maximum absolute atomic E-state index is 11.4. The quantitative estimate of drug-likeness (QED) is 0.754. The summed E-state index contributed by atoms with van der Waals surface area (Å²) >= 11 is 0. The monoisotopic (exact) mass is 238 g/mol. The van der Waals surface area contributed by atoms with Crippen LogP contribution in [0, 0.1) is 5.92 Å². The number of rotatable bonds is 5. The zero-order chi connectivity index (χ0) is 12.8. The summed E-state index contributed by atoms with van der Waals surface area (Å²) in [5.41, 5.74) is 0.840. The summed E-state index contributed by atoms with van der Waals surface area (Å²) in [5.74, 6) is -0.996. The predicted molar refractivity (Wildman–Crippen MR) is 63.1 cm³/mol. The van der Waals surface area contributed by atoms with Crippen LogP contribution in [0.3, 0.4) is 0 Å². The third-order valence-corrected chi connectivity index (χ3v) is 2.47. The first-order chi connectivity index (χ1) is 8.02. The molecule has 17 heavy (non-hydrogen) atoms. The van der Waals surface area contributed by atoms with Crippen LogP contribution in [0.4, 0.5) is 0 Å². The highest BCUT2D eigenvalue weighted by Gasteiger charge is 2.27. The van der Waals surface area contributed by atoms with Gasteiger partial charge in [0.2, 0.25) is 0 Å². The molecule has 0 saturated heterocycles. The normalized spacial score (nSPS) is 14.4. The topological polar surface area (TPSA) is 66.8 Å². The smallest absolute Gasteiger partial charge is 0.338 e. The highest BCUT2D eigenvalue weighted by atomic mass is 16.5. The van der Waals surface area contributed by atoms with E-state index in [0.717, 1.165) is 5.56 Å². The van der Waals surface area contributed by atoms with E-state index >= 15 is 0 Å². The molecule has 0 aliphatic heterocycles. The highest BCUT2D eigenvalue weighted by Crippen LogP contribution is 2.09. The van der Waals surface area contributed by atoms with Gasteiger partial charge in [-0.2, -0.15) is 0 Å². The minimum atomic E-state index is -1.49. The summed E-state index contributed by atoms with van der Waals surface area (Å²) in [5, 5.41) is 19.0. The van der Waals surface area contributed by atoms with Gasteiger partial charge in [-0.1, -0.05) is 44.2 Å². The average Bonchev–Trinajstić information content (AvgIpc) is 2.35. The fraction of sp³-hybridized carbons (Fsp3) is 0.462. The van der Waals surface area contributed by atoms with E-state index < -0.39 is 18.2 Å². The number of benzene rings is 1. The van der Waals surface area contributed by atoms with Crippen molar-refractivity contribution in [3.05, 3.63) is 35.9 Å². The molecule has 4 nitrogen and oxygen atoms in total. The van der Waals surface area contributed by atoms with E-state index in [1.165, 1.54) is 0 Å². The molecule has 0 aliphatic rings. The van der Waals surface area contributed by atoms with Gasteiger partial charge >= 0.3 is 5.97 Å². The Labute approximate surface area is 101 Å². The molecule has 0 aliphatic carbocycles. The van der Waals surface area contributed by atoms with Crippen LogP contribution in [0.15, 0.2) is 30.3 Å². The van der Waals surface area contributed by atoms with Gasteiger partial charge in [-0.15, -0.1) is 0 Å². The van der Waals surface area contributed by atoms with Gasteiger partial charge < -0.3 is 14.9 Å². The molecule has 4 heteroatoms. The zero-order valence-corrected chi connectivity index (χ0v) is 10.0. The molecule has 0 aromatic heterocycles. The lowest BCUT2D eigenvalue weighted by atomic mass is 10.0. The second kappa shape index (κ2) is 6.37. The molecule has 1 aromatic rings. The number of carbonyl (C=O) groups excluding carboxylic acids is 1. The summed E-state index contributed by atoms with van der Waals surface area (Å²) in [4.78, 5) is 11.4. The van der Waals surface area contributed by atoms with Crippen LogP contribution in [0.2, 0.25) is 0 Å². The molecule has 0 fully saturated rings. The van der Waals surface area contributed by atoms with Crippen LogP contribution >= 0.6 is 0 Å². The van der Waals surface area contributed by atoms with E-state index in [0.29, 0.717) is 0 Å². The Balaban J connectivity index is 2.45. The fourth-order valence-corrected chi connectivity index (χ4v) is 1.32. The summed E-state index contributed by atoms with van der Waals surface area (Å²) in [6.45, 7) is 3.54. The molecule has 1 aromatic carbocycles. The molecular formula is C13H18O4. The van der Waals surface area contributed by atoms with Crippen molar-refractivity contribution in [1.82, 2.24) is 0 Å². The lowest BCUT2D eigenvalue weighted by Crippen LogP contribution is -2.38. The van der Waals surface area contributed by atoms with Crippen molar-refractivity contribution in [1.29, 1.82) is 0 Å². The van der Waals surface area contributed by atoms with Gasteiger partial charge in [-0.25, -0.2) is 4.79 Å². The average molecular weight is 238 g/mol. The molecule has 0 bridgehead atoms. The van der Waals surface area contributed by atoms with Crippen LogP contribution in [0.25, 0.3) is 0 Å². The van der Waals surface area contributed by atoms with Crippen molar-refractivity contribution in [2.45, 2.75) is 32.7 Å². The van der Waals surface area contributed by atoms with Crippen LogP contribution in [-0.4, -0.2) is 28.4 Å². The molecule has 2 atom stereocenters. The van der Waals surface area contributed by atoms with Crippen molar-refractivity contribution >= 4 is 5.97 Å². The van der Waals surface area contributed by atoms with Crippen molar-refractivity contribution in [3.8, 4) is 0 Å². The Bertz CT molecular complexity index is 348. The number of hydrogen-bond donors (Lipinski definition) is 2. The minimum absolute atomic E-state index is 0.0988. The number of ether oxygens (including phenoxy) is 1. The lowest BCUT2D eigenvalue weighted by molar-refractivity contribution is -0.162. The van der Waals surface area contributed by atoms with Gasteiger partial charge in [-0.05, 0) is 11.5 Å². The highest BCUT2D eigenvalue weighted by molar-refractivity contribution is 5.75. The number of hydrogen-bond acceptors (Lipinski definition) is 4. The van der Waals surface area contributed by atoms with Gasteiger partial charge in [0.05, 0.1) is 6.10 Å². The standard InChI is InChI=1S/C13H18O4/c1-9(2)11(14)12(15)13(16)17-8-10-6-4-3-5-7-10/h3-7,9,11-12,14-15H,8H2,1-2H3/t11-,12+/m1/s1. The number of esters is 1. The van der Waals surface area contributed by atoms with Gasteiger partial charge in [0.25, 0.3) is 0 Å². The second-order valence-electron chi connectivity index (χ2n) is 4.27. The van der Waals surface area contributed by atoms with Crippen LogP contribution in [0.5, 0.6) is 0 Å². The fourth-order valence-electron chi connectivity index (χ4n) is 1.32. The summed E-state index contributed by atoms with van der Waals surface area (Å²) in [7, 11) is 0. The van der Waals surface area contributed by atoms with Gasteiger partial charge in [0, 0.05) is 0 Å². The molecule has 2 N–H and O–H groups in total. The Kier molecular flexibility index (Phi) is 5.12. The molecule has 0 radical (unpaired) electrons. The number of carbonyl (C=O) groups is 1. The van der Waals surface area contributed by atoms with E-state index in [2.05, 4.69) is 0 Å². The molecule has 0 amide bonds. The van der Waals surface area contributed by atoms with E-state index in [-0.39, 0.29) is 12.5 Å². The van der Waals surface area contributed by atoms with Gasteiger partial charge in [-0.3, -0.25) is 0 Å². The molecule has 0 saturated carbocycles. The van der Waals surface area contributed by atoms with E-state index in [9.17, 15) is 15.0 Å². The first kappa shape index (κ1) is 13.7. The largest absolute Gasteiger partial charge is 0.459 e. The van der Waals surface area contributed by atoms with Crippen molar-refractivity contribution in [3.63, 3.8) is 0 Å². The molecule has 0 spiro atoms. The molecule has 1 rings (SSSR count). The van der Waals surface area contributed by atoms with E-state index in [4.69, 9.17) is 4.74 Å². The SMILES string of the molecule is CC(C)[C@@H](O)[C@H](O)C(=O)OCc1ccccc1. The van der Waals surface area contributed by atoms with Crippen molar-refractivity contribution < 1.29 is 19.7 Å². The maximum atomic E-state index is 11.4. The summed E-state index contributed by atoms with van der Waals surface area (Å²) in [6, 6.07) is 9.17. The molecule has 0 unspecified atom stereocenters. The Morgan fingerprint density at radius 2 is 1.82 bits per heavy atom. The number of aliphatic hydroxyl groups is 2. The van der Waals surface area contributed by atoms with Crippen LogP contribution in [0.1, 0.15) is 19.4 Å². The van der Waals surface area contributed by atoms with Crippen molar-refractivity contribution in [2.75, 3.05) is 0 Å². The number of aliphatic hydroxyl groups excluding tert-OH is 2. The molecule has 94 valence electrons. The predicted octanol–water partition coefficient (Wildman–Crippen LogP) is 1.11. The molecule has 0 heterocycles. The Hall–Kier alpha value is -1.39. The summed E-state index contributed by atoms with van der Waals surface area (Å²) in [6.07, 6.45) is -2.59. The summed E-state index contributed by atoms with van der Waals surface area (Å²) < 4.78 is 4.91. The maximum Gasteiger partial charge on any atom is 0.338 e. The van der Waals surface area contributed by atoms with E-state index in [1.807, 2.05) is 30.3 Å². The van der Waals surface area contributed by atoms with Gasteiger partial charge in [0.15, 0.2) is 6.10 Å². The Morgan fingerprint density at radius 3 is 2.35 bits per heavy atom. The third-order valence-electron chi connectivity index (χ3n) is 2.47. The molecular weight excluding hydrogens is 220 g/mol. The van der Waals surface area contributed by atoms with Gasteiger partial charge in [0.1, 0.15) is 6.61 Å². The van der Waals surface area contributed by atoms with E-state index in [1.54, 1.807) is 13.8 Å². The van der Waals surface area contributed by atoms with Crippen LogP contribution in [-0.2, 0) is 16.1 Å². The second-order valence-corrected chi connectivity index (χ2v) is 4.27. The lowest BCUT2D eigenvalue weighted by Gasteiger charge is -2.19. The van der Waals surface area contributed by atoms with Crippen LogP contribution < -0.4 is 0 Å². The zero-order valence-electron chi connectivity index (χ0n) is 10.0. The third kappa shape index (κ3) is 4.17. The Morgan fingerprint density at radius 1 is 1.24 bits per heavy atom. The minimum Gasteiger partial charge on any atom is -0.459 e. The first-order valence-corrected chi connectivity index (χ1v) is 5.59.